The van der Waals surface area contributed by atoms with E-state index in [2.05, 4.69) is 31.8 Å². The average Bonchev–Trinajstić information content (AvgIpc) is 3.00. The van der Waals surface area contributed by atoms with Crippen molar-refractivity contribution < 1.29 is 14.4 Å². The Morgan fingerprint density at radius 1 is 1.48 bits per heavy atom. The lowest BCUT2D eigenvalue weighted by atomic mass is 10.0. The lowest BCUT2D eigenvalue weighted by molar-refractivity contribution is 0.0949. The molecule has 0 radical (unpaired) electrons. The van der Waals surface area contributed by atoms with Crippen LogP contribution in [0.25, 0.3) is 0 Å². The van der Waals surface area contributed by atoms with E-state index in [1.54, 1.807) is 12.1 Å². The van der Waals surface area contributed by atoms with Crippen molar-refractivity contribution in [2.75, 3.05) is 6.61 Å². The molecule has 0 atom stereocenters. The molecule has 1 aromatic heterocycles. The number of benzene rings is 1. The van der Waals surface area contributed by atoms with Crippen LogP contribution in [-0.2, 0) is 6.54 Å². The smallest absolute Gasteiger partial charge is 0.251 e. The fraction of sp³-hybridized carbons (Fsp3) is 0.267. The van der Waals surface area contributed by atoms with E-state index < -0.39 is 0 Å². The van der Waals surface area contributed by atoms with Crippen molar-refractivity contribution in [1.29, 1.82) is 0 Å². The van der Waals surface area contributed by atoms with Gasteiger partial charge in [0.05, 0.1) is 13.2 Å². The predicted molar refractivity (Wildman–Crippen MR) is 75.2 cm³/mol. The van der Waals surface area contributed by atoms with Gasteiger partial charge in [-0.05, 0) is 24.6 Å². The summed E-state index contributed by atoms with van der Waals surface area (Å²) < 4.78 is 4.60. The van der Waals surface area contributed by atoms with Crippen molar-refractivity contribution in [2.45, 2.75) is 19.9 Å². The number of amides is 1. The van der Waals surface area contributed by atoms with E-state index in [9.17, 15) is 4.79 Å². The van der Waals surface area contributed by atoms with Gasteiger partial charge in [-0.2, -0.15) is 4.98 Å². The van der Waals surface area contributed by atoms with Gasteiger partial charge in [0.2, 0.25) is 6.39 Å². The van der Waals surface area contributed by atoms with Crippen molar-refractivity contribution >= 4 is 5.91 Å². The van der Waals surface area contributed by atoms with Crippen molar-refractivity contribution in [3.05, 3.63) is 47.1 Å². The largest absolute Gasteiger partial charge is 0.395 e. The summed E-state index contributed by atoms with van der Waals surface area (Å²) in [5.74, 6) is 5.99. The van der Waals surface area contributed by atoms with E-state index in [4.69, 9.17) is 5.11 Å². The van der Waals surface area contributed by atoms with E-state index in [-0.39, 0.29) is 19.1 Å². The molecular formula is C15H15N3O3. The van der Waals surface area contributed by atoms with E-state index in [1.807, 2.05) is 13.0 Å². The van der Waals surface area contributed by atoms with Crippen LogP contribution in [0.15, 0.2) is 29.1 Å². The lowest BCUT2D eigenvalue weighted by Gasteiger charge is -2.07. The predicted octanol–water partition coefficient (Wildman–Crippen LogP) is 1.04. The van der Waals surface area contributed by atoms with Crippen LogP contribution in [0.5, 0.6) is 0 Å². The number of hydrogen-bond acceptors (Lipinski definition) is 5. The highest BCUT2D eigenvalue weighted by molar-refractivity contribution is 5.96. The lowest BCUT2D eigenvalue weighted by Crippen LogP contribution is -2.24. The third kappa shape index (κ3) is 3.91. The zero-order valence-electron chi connectivity index (χ0n) is 11.6. The number of carbonyl (C=O) groups is 1. The van der Waals surface area contributed by atoms with Crippen LogP contribution in [0.4, 0.5) is 0 Å². The van der Waals surface area contributed by atoms with Crippen molar-refractivity contribution in [3.63, 3.8) is 0 Å². The quantitative estimate of drug-likeness (QED) is 0.819. The zero-order chi connectivity index (χ0) is 15.1. The summed E-state index contributed by atoms with van der Waals surface area (Å²) in [5, 5.41) is 15.1. The molecule has 2 N–H and O–H groups in total. The minimum absolute atomic E-state index is 0.0247. The molecule has 2 rings (SSSR count). The highest BCUT2D eigenvalue weighted by Gasteiger charge is 2.11. The van der Waals surface area contributed by atoms with Crippen LogP contribution in [-0.4, -0.2) is 27.8 Å². The first-order chi connectivity index (χ1) is 10.2. The fourth-order valence-corrected chi connectivity index (χ4v) is 1.76. The number of aromatic nitrogens is 2. The maximum absolute atomic E-state index is 12.2. The molecular weight excluding hydrogens is 270 g/mol. The number of aliphatic hydroxyl groups is 1. The molecule has 6 nitrogen and oxygen atoms in total. The summed E-state index contributed by atoms with van der Waals surface area (Å²) >= 11 is 0. The molecule has 0 saturated heterocycles. The Morgan fingerprint density at radius 3 is 3.05 bits per heavy atom. The second-order valence-corrected chi connectivity index (χ2v) is 4.28. The Balaban J connectivity index is 2.10. The number of nitrogens with one attached hydrogen (secondary N) is 1. The maximum Gasteiger partial charge on any atom is 0.251 e. The van der Waals surface area contributed by atoms with Crippen LogP contribution in [0.2, 0.25) is 0 Å². The molecule has 0 bridgehead atoms. The first-order valence-corrected chi connectivity index (χ1v) is 6.45. The van der Waals surface area contributed by atoms with Gasteiger partial charge in [-0.3, -0.25) is 4.79 Å². The molecule has 0 saturated carbocycles. The molecule has 0 fully saturated rings. The maximum atomic E-state index is 12.2. The van der Waals surface area contributed by atoms with E-state index >= 15 is 0 Å². The molecule has 0 spiro atoms. The Hall–Kier alpha value is -2.65. The summed E-state index contributed by atoms with van der Waals surface area (Å²) in [6, 6.07) is 5.35. The van der Waals surface area contributed by atoms with Gasteiger partial charge >= 0.3 is 0 Å². The summed E-state index contributed by atoms with van der Waals surface area (Å²) in [6.07, 6.45) is 1.62. The third-order valence-electron chi connectivity index (χ3n) is 2.85. The Labute approximate surface area is 122 Å². The molecule has 21 heavy (non-hydrogen) atoms. The average molecular weight is 285 g/mol. The summed E-state index contributed by atoms with van der Waals surface area (Å²) in [7, 11) is 0. The second-order valence-electron chi connectivity index (χ2n) is 4.28. The number of aliphatic hydroxyl groups excluding tert-OH is 1. The first kappa shape index (κ1) is 14.8. The number of nitrogens with zero attached hydrogens (tertiary/aromatic N) is 2. The zero-order valence-corrected chi connectivity index (χ0v) is 11.6. The van der Waals surface area contributed by atoms with Gasteiger partial charge in [0.25, 0.3) is 5.91 Å². The van der Waals surface area contributed by atoms with Gasteiger partial charge < -0.3 is 14.9 Å². The normalized spacial score (nSPS) is 9.81. The topological polar surface area (TPSA) is 88.2 Å². The van der Waals surface area contributed by atoms with Gasteiger partial charge in [0, 0.05) is 17.5 Å². The third-order valence-corrected chi connectivity index (χ3v) is 2.85. The van der Waals surface area contributed by atoms with Crippen molar-refractivity contribution in [1.82, 2.24) is 15.5 Å². The SMILES string of the molecule is Cc1c(C#CCCO)cccc1C(=O)NCc1ncon1. The molecule has 108 valence electrons. The van der Waals surface area contributed by atoms with E-state index in [0.29, 0.717) is 17.8 Å². The Bertz CT molecular complexity index is 669. The summed E-state index contributed by atoms with van der Waals surface area (Å²) in [5.41, 5.74) is 2.12. The van der Waals surface area contributed by atoms with Gasteiger partial charge in [0.1, 0.15) is 0 Å². The molecule has 1 amide bonds. The van der Waals surface area contributed by atoms with Gasteiger partial charge in [-0.1, -0.05) is 23.1 Å². The molecule has 2 aromatic rings. The van der Waals surface area contributed by atoms with E-state index in [1.165, 1.54) is 6.39 Å². The summed E-state index contributed by atoms with van der Waals surface area (Å²) in [4.78, 5) is 16.0. The molecule has 1 heterocycles. The number of rotatable bonds is 4. The summed E-state index contributed by atoms with van der Waals surface area (Å²) in [6.45, 7) is 2.07. The highest BCUT2D eigenvalue weighted by Crippen LogP contribution is 2.13. The van der Waals surface area contributed by atoms with Crippen molar-refractivity contribution in [3.8, 4) is 11.8 Å². The van der Waals surface area contributed by atoms with Crippen LogP contribution < -0.4 is 5.32 Å². The fourth-order valence-electron chi connectivity index (χ4n) is 1.76. The molecule has 0 aliphatic rings. The standard InChI is InChI=1S/C15H15N3O3/c1-11-12(5-2-3-8-19)6-4-7-13(11)15(20)16-9-14-17-10-21-18-14/h4,6-7,10,19H,3,8-9H2,1H3,(H,16,20). The second kappa shape index (κ2) is 7.22. The molecule has 6 heteroatoms. The van der Waals surface area contributed by atoms with Crippen LogP contribution in [0.1, 0.15) is 33.7 Å². The highest BCUT2D eigenvalue weighted by atomic mass is 16.5. The van der Waals surface area contributed by atoms with Crippen LogP contribution in [0.3, 0.4) is 0 Å². The minimum Gasteiger partial charge on any atom is -0.395 e. The van der Waals surface area contributed by atoms with Gasteiger partial charge in [-0.25, -0.2) is 0 Å². The monoisotopic (exact) mass is 285 g/mol. The van der Waals surface area contributed by atoms with Crippen molar-refractivity contribution in [2.24, 2.45) is 0 Å². The van der Waals surface area contributed by atoms with Gasteiger partial charge in [-0.15, -0.1) is 0 Å². The molecule has 0 aliphatic carbocycles. The first-order valence-electron chi connectivity index (χ1n) is 6.45. The number of carbonyl (C=O) groups excluding carboxylic acids is 1. The molecule has 0 unspecified atom stereocenters. The van der Waals surface area contributed by atoms with Gasteiger partial charge in [0.15, 0.2) is 5.82 Å². The Morgan fingerprint density at radius 2 is 2.33 bits per heavy atom. The number of hydrogen-bond donors (Lipinski definition) is 2. The van der Waals surface area contributed by atoms with E-state index in [0.717, 1.165) is 11.1 Å². The van der Waals surface area contributed by atoms with Crippen LogP contribution in [0, 0.1) is 18.8 Å². The molecule has 0 aliphatic heterocycles. The molecule has 1 aromatic carbocycles. The Kier molecular flexibility index (Phi) is 5.07. The van der Waals surface area contributed by atoms with Crippen LogP contribution >= 0.6 is 0 Å². The minimum atomic E-state index is -0.219.